The minimum atomic E-state index is -1.55. The quantitative estimate of drug-likeness (QED) is 0.563. The van der Waals surface area contributed by atoms with Gasteiger partial charge in [-0.05, 0) is 12.5 Å². The normalized spacial score (nSPS) is 18.8. The first-order valence-corrected chi connectivity index (χ1v) is 8.83. The molecule has 0 saturated carbocycles. The van der Waals surface area contributed by atoms with Crippen molar-refractivity contribution in [3.05, 3.63) is 12.2 Å². The number of aliphatic hydroxyl groups excluding tert-OH is 1. The Kier molecular flexibility index (Phi) is 5.24. The molecule has 0 aliphatic heterocycles. The van der Waals surface area contributed by atoms with Gasteiger partial charge in [0.15, 0.2) is 0 Å². The molecule has 4 heteroatoms. The smallest absolute Gasteiger partial charge is 0.309 e. The van der Waals surface area contributed by atoms with Crippen LogP contribution in [0.15, 0.2) is 12.2 Å². The molecule has 0 aromatic carbocycles. The molecular weight excluding hydrogens is 208 g/mol. The summed E-state index contributed by atoms with van der Waals surface area (Å²) in [4.78, 5) is 11.1. The first-order valence-electron chi connectivity index (χ1n) is 5.25. The van der Waals surface area contributed by atoms with Gasteiger partial charge in [0, 0.05) is 8.07 Å². The highest BCUT2D eigenvalue weighted by Crippen LogP contribution is 2.32. The van der Waals surface area contributed by atoms with E-state index in [0.717, 1.165) is 0 Å². The van der Waals surface area contributed by atoms with Gasteiger partial charge in [-0.25, -0.2) is 0 Å². The lowest BCUT2D eigenvalue weighted by Gasteiger charge is -2.32. The highest BCUT2D eigenvalue weighted by molar-refractivity contribution is 6.77. The lowest BCUT2D eigenvalue weighted by molar-refractivity contribution is -0.144. The van der Waals surface area contributed by atoms with E-state index >= 15 is 0 Å². The predicted molar refractivity (Wildman–Crippen MR) is 64.7 cm³/mol. The molecule has 15 heavy (non-hydrogen) atoms. The Balaban J connectivity index is 4.90. The molecule has 0 radical (unpaired) electrons. The van der Waals surface area contributed by atoms with Gasteiger partial charge in [0.05, 0.1) is 12.0 Å². The fraction of sp³-hybridized carbons (Fsp3) is 0.727. The minimum Gasteiger partial charge on any atom is -0.481 e. The Morgan fingerprint density at radius 2 is 1.80 bits per heavy atom. The van der Waals surface area contributed by atoms with E-state index in [1.807, 2.05) is 6.92 Å². The third-order valence-corrected chi connectivity index (χ3v) is 6.04. The Labute approximate surface area is 92.8 Å². The number of aliphatic carboxylic acids is 1. The summed E-state index contributed by atoms with van der Waals surface area (Å²) in [6.07, 6.45) is 2.36. The molecule has 0 unspecified atom stereocenters. The number of carbonyl (C=O) groups is 1. The van der Waals surface area contributed by atoms with Crippen molar-refractivity contribution in [2.45, 2.75) is 45.1 Å². The van der Waals surface area contributed by atoms with Gasteiger partial charge >= 0.3 is 5.97 Å². The van der Waals surface area contributed by atoms with Crippen LogP contribution in [0.3, 0.4) is 0 Å². The first kappa shape index (κ1) is 14.4. The van der Waals surface area contributed by atoms with Crippen LogP contribution in [0.2, 0.25) is 25.2 Å². The van der Waals surface area contributed by atoms with Gasteiger partial charge in [-0.3, -0.25) is 4.79 Å². The van der Waals surface area contributed by atoms with Crippen molar-refractivity contribution in [1.82, 2.24) is 0 Å². The van der Waals surface area contributed by atoms with Gasteiger partial charge in [0.2, 0.25) is 0 Å². The summed E-state index contributed by atoms with van der Waals surface area (Å²) < 4.78 is 0. The fourth-order valence-electron chi connectivity index (χ4n) is 1.51. The van der Waals surface area contributed by atoms with Crippen LogP contribution in [-0.2, 0) is 4.79 Å². The molecule has 0 aliphatic rings. The van der Waals surface area contributed by atoms with Crippen LogP contribution in [0.5, 0.6) is 0 Å². The lowest BCUT2D eigenvalue weighted by Crippen LogP contribution is -2.40. The average Bonchev–Trinajstić information content (AvgIpc) is 2.02. The Bertz CT molecular complexity index is 243. The van der Waals surface area contributed by atoms with E-state index in [9.17, 15) is 9.90 Å². The van der Waals surface area contributed by atoms with Crippen molar-refractivity contribution in [3.8, 4) is 0 Å². The van der Waals surface area contributed by atoms with Crippen LogP contribution in [0.25, 0.3) is 0 Å². The maximum Gasteiger partial charge on any atom is 0.309 e. The molecule has 0 aliphatic carbocycles. The van der Waals surface area contributed by atoms with Crippen LogP contribution in [0, 0.1) is 5.92 Å². The lowest BCUT2D eigenvalue weighted by atomic mass is 9.99. The monoisotopic (exact) mass is 230 g/mol. The zero-order valence-electron chi connectivity index (χ0n) is 10.2. The molecule has 2 N–H and O–H groups in total. The van der Waals surface area contributed by atoms with Crippen LogP contribution in [-0.4, -0.2) is 30.4 Å². The van der Waals surface area contributed by atoms with Crippen LogP contribution < -0.4 is 0 Å². The van der Waals surface area contributed by atoms with Crippen LogP contribution >= 0.6 is 0 Å². The van der Waals surface area contributed by atoms with Crippen molar-refractivity contribution >= 4 is 14.0 Å². The Morgan fingerprint density at radius 1 is 1.33 bits per heavy atom. The minimum absolute atomic E-state index is 0.0428. The van der Waals surface area contributed by atoms with E-state index < -0.39 is 26.1 Å². The fourth-order valence-corrected chi connectivity index (χ4v) is 2.93. The molecule has 0 aromatic rings. The summed E-state index contributed by atoms with van der Waals surface area (Å²) in [6.45, 7) is 10.1. The van der Waals surface area contributed by atoms with Gasteiger partial charge < -0.3 is 10.2 Å². The first-order chi connectivity index (χ1) is 6.71. The number of hydrogen-bond acceptors (Lipinski definition) is 2. The molecule has 0 spiro atoms. The average molecular weight is 230 g/mol. The third kappa shape index (κ3) is 4.18. The van der Waals surface area contributed by atoms with Gasteiger partial charge in [0.25, 0.3) is 0 Å². The number of allylic oxidation sites excluding steroid dienone is 1. The largest absolute Gasteiger partial charge is 0.481 e. The van der Waals surface area contributed by atoms with Crippen molar-refractivity contribution in [3.63, 3.8) is 0 Å². The third-order valence-electron chi connectivity index (χ3n) is 2.95. The Hall–Kier alpha value is -0.613. The van der Waals surface area contributed by atoms with Crippen molar-refractivity contribution < 1.29 is 15.0 Å². The SMILES string of the molecule is C/C=C/[C@H](O)[C@H](C(=O)O)[C@H](C)[Si](C)(C)C. The summed E-state index contributed by atoms with van der Waals surface area (Å²) >= 11 is 0. The zero-order chi connectivity index (χ0) is 12.2. The molecule has 0 amide bonds. The van der Waals surface area contributed by atoms with Crippen molar-refractivity contribution in [2.24, 2.45) is 5.92 Å². The predicted octanol–water partition coefficient (Wildman–Crippen LogP) is 2.35. The van der Waals surface area contributed by atoms with Crippen molar-refractivity contribution in [1.29, 1.82) is 0 Å². The standard InChI is InChI=1S/C11H22O3Si/c1-6-7-9(12)10(11(13)14)8(2)15(3,4)5/h6-10,12H,1-5H3,(H,13,14)/b7-6+/t8-,9-,10+/m0/s1. The number of rotatable bonds is 5. The van der Waals surface area contributed by atoms with Crippen molar-refractivity contribution in [2.75, 3.05) is 0 Å². The highest BCUT2D eigenvalue weighted by Gasteiger charge is 2.37. The molecule has 0 fully saturated rings. The number of hydrogen-bond donors (Lipinski definition) is 2. The summed E-state index contributed by atoms with van der Waals surface area (Å²) in [5.74, 6) is -1.59. The summed E-state index contributed by atoms with van der Waals surface area (Å²) in [5, 5.41) is 18.9. The molecular formula is C11H22O3Si. The van der Waals surface area contributed by atoms with E-state index in [2.05, 4.69) is 19.6 Å². The van der Waals surface area contributed by atoms with E-state index in [4.69, 9.17) is 5.11 Å². The van der Waals surface area contributed by atoms with Gasteiger partial charge in [-0.1, -0.05) is 38.7 Å². The molecule has 0 heterocycles. The maximum atomic E-state index is 11.1. The highest BCUT2D eigenvalue weighted by atomic mass is 28.3. The van der Waals surface area contributed by atoms with E-state index in [1.54, 1.807) is 19.1 Å². The summed E-state index contributed by atoms with van der Waals surface area (Å²) in [5.41, 5.74) is 0.0428. The van der Waals surface area contributed by atoms with Crippen LogP contribution in [0.1, 0.15) is 13.8 Å². The number of carboxylic acid groups (broad SMARTS) is 1. The van der Waals surface area contributed by atoms with E-state index in [0.29, 0.717) is 0 Å². The molecule has 0 saturated heterocycles. The second kappa shape index (κ2) is 5.46. The van der Waals surface area contributed by atoms with Gasteiger partial charge in [-0.2, -0.15) is 0 Å². The second-order valence-electron chi connectivity index (χ2n) is 5.04. The van der Waals surface area contributed by atoms with E-state index in [1.165, 1.54) is 0 Å². The molecule has 0 rings (SSSR count). The molecule has 0 aromatic heterocycles. The molecule has 3 atom stereocenters. The Morgan fingerprint density at radius 3 is 2.07 bits per heavy atom. The topological polar surface area (TPSA) is 57.5 Å². The molecule has 3 nitrogen and oxygen atoms in total. The van der Waals surface area contributed by atoms with Crippen LogP contribution in [0.4, 0.5) is 0 Å². The summed E-state index contributed by atoms with van der Waals surface area (Å²) in [7, 11) is -1.55. The number of carboxylic acids is 1. The molecule has 88 valence electrons. The number of aliphatic hydroxyl groups is 1. The van der Waals surface area contributed by atoms with Gasteiger partial charge in [0.1, 0.15) is 0 Å². The molecule has 0 bridgehead atoms. The summed E-state index contributed by atoms with van der Waals surface area (Å²) in [6, 6.07) is 0. The van der Waals surface area contributed by atoms with Gasteiger partial charge in [-0.15, -0.1) is 0 Å². The van der Waals surface area contributed by atoms with E-state index in [-0.39, 0.29) is 5.54 Å². The maximum absolute atomic E-state index is 11.1. The zero-order valence-corrected chi connectivity index (χ0v) is 11.2. The second-order valence-corrected chi connectivity index (χ2v) is 10.7.